The van der Waals surface area contributed by atoms with E-state index in [4.69, 9.17) is 9.47 Å². The van der Waals surface area contributed by atoms with Crippen molar-refractivity contribution in [2.75, 3.05) is 38.7 Å². The first-order valence-corrected chi connectivity index (χ1v) is 11.4. The summed E-state index contributed by atoms with van der Waals surface area (Å²) >= 11 is 0. The molecule has 0 unspecified atom stereocenters. The second kappa shape index (κ2) is 11.1. The zero-order valence-corrected chi connectivity index (χ0v) is 19.5. The highest BCUT2D eigenvalue weighted by Gasteiger charge is 2.25. The van der Waals surface area contributed by atoms with Crippen LogP contribution in [0.15, 0.2) is 54.9 Å². The number of methoxy groups -OCH3 is 1. The Morgan fingerprint density at radius 2 is 1.79 bits per heavy atom. The van der Waals surface area contributed by atoms with Crippen LogP contribution in [-0.2, 0) is 9.53 Å². The minimum atomic E-state index is -0.425. The first-order chi connectivity index (χ1) is 16.5. The normalized spacial score (nSPS) is 14.6. The Morgan fingerprint density at radius 3 is 2.47 bits per heavy atom. The maximum Gasteiger partial charge on any atom is 0.308 e. The van der Waals surface area contributed by atoms with Gasteiger partial charge in [-0.15, -0.1) is 0 Å². The molecule has 34 heavy (non-hydrogen) atoms. The van der Waals surface area contributed by atoms with Crippen molar-refractivity contribution in [1.29, 1.82) is 0 Å². The van der Waals surface area contributed by atoms with Crippen molar-refractivity contribution >= 4 is 17.6 Å². The van der Waals surface area contributed by atoms with Gasteiger partial charge in [0.25, 0.3) is 0 Å². The molecule has 0 atom stereocenters. The second-order valence-corrected chi connectivity index (χ2v) is 8.42. The molecule has 0 radical (unpaired) electrons. The quantitative estimate of drug-likeness (QED) is 0.488. The van der Waals surface area contributed by atoms with Crippen molar-refractivity contribution in [1.82, 2.24) is 14.9 Å². The van der Waals surface area contributed by atoms with Crippen LogP contribution in [0.25, 0.3) is 11.1 Å². The van der Waals surface area contributed by atoms with Crippen LogP contribution in [0.4, 0.5) is 16.0 Å². The highest BCUT2D eigenvalue weighted by Crippen LogP contribution is 2.25. The standard InChI is InChI=1S/C26H29FN4O3/c1-18-3-5-19(6-4-18)21-16-28-26(29-17-21)30-22-7-8-23(27)24(15-22)34-14-13-31-11-9-20(10-12-31)25(32)33-2/h3-8,15-17,20H,9-14H2,1-2H3,(H,28,29,30). The number of aromatic nitrogens is 2. The number of anilines is 2. The van der Waals surface area contributed by atoms with Crippen LogP contribution in [0.5, 0.6) is 5.75 Å². The molecule has 1 N–H and O–H groups in total. The lowest BCUT2D eigenvalue weighted by Crippen LogP contribution is -2.38. The van der Waals surface area contributed by atoms with E-state index in [9.17, 15) is 9.18 Å². The molecule has 1 aromatic heterocycles. The number of hydrogen-bond acceptors (Lipinski definition) is 7. The number of carbonyl (C=O) groups excluding carboxylic acids is 1. The molecule has 0 aliphatic carbocycles. The van der Waals surface area contributed by atoms with Gasteiger partial charge in [0.05, 0.1) is 13.0 Å². The fraction of sp³-hybridized carbons (Fsp3) is 0.346. The van der Waals surface area contributed by atoms with Crippen LogP contribution in [0.2, 0.25) is 0 Å². The molecule has 2 heterocycles. The smallest absolute Gasteiger partial charge is 0.308 e. The molecule has 0 amide bonds. The summed E-state index contributed by atoms with van der Waals surface area (Å²) in [5, 5.41) is 3.10. The maximum atomic E-state index is 14.3. The average Bonchev–Trinajstić information content (AvgIpc) is 2.87. The number of hydrogen-bond donors (Lipinski definition) is 1. The molecule has 1 aliphatic heterocycles. The molecule has 0 spiro atoms. The number of piperidine rings is 1. The van der Waals surface area contributed by atoms with Crippen LogP contribution in [0.3, 0.4) is 0 Å². The van der Waals surface area contributed by atoms with Crippen LogP contribution in [0.1, 0.15) is 18.4 Å². The summed E-state index contributed by atoms with van der Waals surface area (Å²) in [6, 6.07) is 12.8. The predicted molar refractivity (Wildman–Crippen MR) is 129 cm³/mol. The Morgan fingerprint density at radius 1 is 1.09 bits per heavy atom. The number of nitrogens with zero attached hydrogens (tertiary/aromatic N) is 3. The SMILES string of the molecule is COC(=O)C1CCN(CCOc2cc(Nc3ncc(-c4ccc(C)cc4)cn3)ccc2F)CC1. The number of likely N-dealkylation sites (tertiary alicyclic amines) is 1. The first kappa shape index (κ1) is 23.6. The van der Waals surface area contributed by atoms with E-state index in [2.05, 4.69) is 20.2 Å². The van der Waals surface area contributed by atoms with Crippen LogP contribution >= 0.6 is 0 Å². The van der Waals surface area contributed by atoms with E-state index in [-0.39, 0.29) is 17.6 Å². The number of aryl methyl sites for hydroxylation is 1. The van der Waals surface area contributed by atoms with E-state index in [1.165, 1.54) is 18.7 Å². The van der Waals surface area contributed by atoms with E-state index >= 15 is 0 Å². The monoisotopic (exact) mass is 464 g/mol. The molecular formula is C26H29FN4O3. The summed E-state index contributed by atoms with van der Waals surface area (Å²) < 4.78 is 24.8. The molecular weight excluding hydrogens is 435 g/mol. The topological polar surface area (TPSA) is 76.6 Å². The van der Waals surface area contributed by atoms with E-state index in [1.54, 1.807) is 24.5 Å². The lowest BCUT2D eigenvalue weighted by atomic mass is 9.97. The van der Waals surface area contributed by atoms with Gasteiger partial charge in [0.15, 0.2) is 11.6 Å². The summed E-state index contributed by atoms with van der Waals surface area (Å²) in [5.41, 5.74) is 3.80. The molecule has 7 nitrogen and oxygen atoms in total. The Labute approximate surface area is 198 Å². The molecule has 3 aromatic rings. The van der Waals surface area contributed by atoms with Crippen LogP contribution in [0, 0.1) is 18.7 Å². The summed E-state index contributed by atoms with van der Waals surface area (Å²) in [6.45, 7) is 4.65. The van der Waals surface area contributed by atoms with Crippen LogP contribution < -0.4 is 10.1 Å². The summed E-state index contributed by atoms with van der Waals surface area (Å²) in [6.07, 6.45) is 5.04. The summed E-state index contributed by atoms with van der Waals surface area (Å²) in [4.78, 5) is 22.6. The highest BCUT2D eigenvalue weighted by atomic mass is 19.1. The van der Waals surface area contributed by atoms with Gasteiger partial charge in [0, 0.05) is 36.3 Å². The van der Waals surface area contributed by atoms with Gasteiger partial charge in [-0.05, 0) is 50.6 Å². The molecule has 178 valence electrons. The molecule has 0 saturated carbocycles. The average molecular weight is 465 g/mol. The van der Waals surface area contributed by atoms with E-state index in [0.717, 1.165) is 37.1 Å². The lowest BCUT2D eigenvalue weighted by molar-refractivity contribution is -0.147. The van der Waals surface area contributed by atoms with E-state index in [0.29, 0.717) is 24.8 Å². The van der Waals surface area contributed by atoms with Crippen molar-refractivity contribution in [3.05, 3.63) is 66.2 Å². The van der Waals surface area contributed by atoms with Gasteiger partial charge in [-0.1, -0.05) is 29.8 Å². The number of rotatable bonds is 8. The van der Waals surface area contributed by atoms with Gasteiger partial charge in [0.2, 0.25) is 5.95 Å². The third kappa shape index (κ3) is 6.08. The third-order valence-electron chi connectivity index (χ3n) is 6.01. The van der Waals surface area contributed by atoms with E-state index in [1.807, 2.05) is 31.2 Å². The number of nitrogens with one attached hydrogen (secondary N) is 1. The molecule has 2 aromatic carbocycles. The van der Waals surface area contributed by atoms with Gasteiger partial charge >= 0.3 is 5.97 Å². The fourth-order valence-electron chi connectivity index (χ4n) is 3.95. The largest absolute Gasteiger partial charge is 0.489 e. The minimum absolute atomic E-state index is 0.0319. The Kier molecular flexibility index (Phi) is 7.69. The van der Waals surface area contributed by atoms with Gasteiger partial charge in [-0.3, -0.25) is 9.69 Å². The first-order valence-electron chi connectivity index (χ1n) is 11.4. The Hall–Kier alpha value is -3.52. The number of carbonyl (C=O) groups is 1. The lowest BCUT2D eigenvalue weighted by Gasteiger charge is -2.30. The zero-order valence-electron chi connectivity index (χ0n) is 19.5. The van der Waals surface area contributed by atoms with Crippen molar-refractivity contribution < 1.29 is 18.7 Å². The molecule has 0 bridgehead atoms. The number of ether oxygens (including phenoxy) is 2. The number of esters is 1. The van der Waals surface area contributed by atoms with Gasteiger partial charge in [-0.2, -0.15) is 0 Å². The summed E-state index contributed by atoms with van der Waals surface area (Å²) in [5.74, 6) is -0.00944. The summed E-state index contributed by atoms with van der Waals surface area (Å²) in [7, 11) is 1.42. The molecule has 1 saturated heterocycles. The second-order valence-electron chi connectivity index (χ2n) is 8.42. The molecule has 1 fully saturated rings. The van der Waals surface area contributed by atoms with Crippen molar-refractivity contribution in [3.63, 3.8) is 0 Å². The van der Waals surface area contributed by atoms with Crippen molar-refractivity contribution in [3.8, 4) is 16.9 Å². The number of benzene rings is 2. The molecule has 4 rings (SSSR count). The maximum absolute atomic E-state index is 14.3. The zero-order chi connectivity index (χ0) is 23.9. The minimum Gasteiger partial charge on any atom is -0.489 e. The van der Waals surface area contributed by atoms with Crippen molar-refractivity contribution in [2.24, 2.45) is 5.92 Å². The Bertz CT molecular complexity index is 1100. The van der Waals surface area contributed by atoms with Gasteiger partial charge < -0.3 is 14.8 Å². The Balaban J connectivity index is 1.30. The molecule has 8 heteroatoms. The predicted octanol–water partition coefficient (Wildman–Crippen LogP) is 4.60. The highest BCUT2D eigenvalue weighted by molar-refractivity contribution is 5.72. The van der Waals surface area contributed by atoms with Crippen molar-refractivity contribution in [2.45, 2.75) is 19.8 Å². The third-order valence-corrected chi connectivity index (χ3v) is 6.01. The van der Waals surface area contributed by atoms with Gasteiger partial charge in [-0.25, -0.2) is 14.4 Å². The number of halogens is 1. The fourth-order valence-corrected chi connectivity index (χ4v) is 3.95. The van der Waals surface area contributed by atoms with E-state index < -0.39 is 5.82 Å². The molecule has 1 aliphatic rings. The van der Waals surface area contributed by atoms with Crippen LogP contribution in [-0.4, -0.2) is 54.2 Å². The van der Waals surface area contributed by atoms with Gasteiger partial charge in [0.1, 0.15) is 6.61 Å².